The molecule has 2 fully saturated rings. The molecular formula is C13H25N3O2. The Morgan fingerprint density at radius 3 is 2.89 bits per heavy atom. The van der Waals surface area contributed by atoms with E-state index in [0.29, 0.717) is 25.2 Å². The number of carbonyl (C=O) groups is 1. The molecule has 2 aliphatic heterocycles. The number of piperazine rings is 1. The highest BCUT2D eigenvalue weighted by atomic mass is 16.5. The van der Waals surface area contributed by atoms with Crippen LogP contribution >= 0.6 is 0 Å². The van der Waals surface area contributed by atoms with Crippen LogP contribution in [0, 0.1) is 0 Å². The summed E-state index contributed by atoms with van der Waals surface area (Å²) in [5, 5.41) is 3.29. The second-order valence-electron chi connectivity index (χ2n) is 5.39. The number of hydrogen-bond acceptors (Lipinski definition) is 5. The lowest BCUT2D eigenvalue weighted by atomic mass is 10.1. The van der Waals surface area contributed by atoms with E-state index in [0.717, 1.165) is 26.1 Å². The smallest absolute Gasteiger partial charge is 0.324 e. The van der Waals surface area contributed by atoms with Crippen molar-refractivity contribution in [2.45, 2.75) is 38.4 Å². The van der Waals surface area contributed by atoms with Crippen LogP contribution in [-0.2, 0) is 9.53 Å². The lowest BCUT2D eigenvalue weighted by molar-refractivity contribution is -0.151. The molecule has 0 saturated carbocycles. The number of nitrogens with zero attached hydrogens (tertiary/aromatic N) is 2. The van der Waals surface area contributed by atoms with Crippen LogP contribution in [0.2, 0.25) is 0 Å². The van der Waals surface area contributed by atoms with Crippen molar-refractivity contribution < 1.29 is 9.53 Å². The van der Waals surface area contributed by atoms with Crippen molar-refractivity contribution in [1.29, 1.82) is 0 Å². The Bertz CT molecular complexity index is 288. The predicted octanol–water partition coefficient (Wildman–Crippen LogP) is -0.0841. The average molecular weight is 255 g/mol. The van der Waals surface area contributed by atoms with Crippen LogP contribution in [0.15, 0.2) is 0 Å². The largest absolute Gasteiger partial charge is 0.465 e. The lowest BCUT2D eigenvalue weighted by Gasteiger charge is -2.38. The van der Waals surface area contributed by atoms with Gasteiger partial charge in [0, 0.05) is 38.3 Å². The minimum Gasteiger partial charge on any atom is -0.465 e. The molecule has 1 N–H and O–H groups in total. The van der Waals surface area contributed by atoms with E-state index < -0.39 is 0 Å². The van der Waals surface area contributed by atoms with Gasteiger partial charge in [0.05, 0.1) is 6.61 Å². The first-order valence-corrected chi connectivity index (χ1v) is 6.96. The van der Waals surface area contributed by atoms with Crippen LogP contribution in [0.5, 0.6) is 0 Å². The minimum absolute atomic E-state index is 0.0769. The summed E-state index contributed by atoms with van der Waals surface area (Å²) in [6.45, 7) is 8.25. The first-order valence-electron chi connectivity index (χ1n) is 6.96. The zero-order chi connectivity index (χ0) is 13.1. The third-order valence-corrected chi connectivity index (χ3v) is 4.18. The highest BCUT2D eigenvalue weighted by Crippen LogP contribution is 2.23. The first kappa shape index (κ1) is 13.8. The molecule has 2 heterocycles. The Balaban J connectivity index is 2.01. The number of likely N-dealkylation sites (N-methyl/N-ethyl adjacent to an activating group) is 1. The molecule has 0 aromatic rings. The maximum Gasteiger partial charge on any atom is 0.324 e. The second kappa shape index (κ2) is 5.99. The Morgan fingerprint density at radius 2 is 2.28 bits per heavy atom. The summed E-state index contributed by atoms with van der Waals surface area (Å²) in [6, 6.07) is 0.983. The van der Waals surface area contributed by atoms with Crippen LogP contribution in [0.1, 0.15) is 20.3 Å². The summed E-state index contributed by atoms with van der Waals surface area (Å²) >= 11 is 0. The number of ether oxygens (including phenoxy) is 1. The molecule has 2 saturated heterocycles. The Labute approximate surface area is 109 Å². The van der Waals surface area contributed by atoms with Gasteiger partial charge in [-0.1, -0.05) is 0 Å². The van der Waals surface area contributed by atoms with Gasteiger partial charge in [0.15, 0.2) is 0 Å². The van der Waals surface area contributed by atoms with Crippen LogP contribution in [0.3, 0.4) is 0 Å². The topological polar surface area (TPSA) is 44.8 Å². The molecule has 18 heavy (non-hydrogen) atoms. The molecule has 3 atom stereocenters. The minimum atomic E-state index is -0.109. The van der Waals surface area contributed by atoms with Gasteiger partial charge in [0.25, 0.3) is 0 Å². The molecule has 0 spiro atoms. The van der Waals surface area contributed by atoms with Gasteiger partial charge < -0.3 is 15.0 Å². The average Bonchev–Trinajstić information content (AvgIpc) is 2.70. The van der Waals surface area contributed by atoms with Crippen molar-refractivity contribution in [3.63, 3.8) is 0 Å². The van der Waals surface area contributed by atoms with Crippen molar-refractivity contribution in [2.24, 2.45) is 0 Å². The molecule has 0 aromatic heterocycles. The van der Waals surface area contributed by atoms with Gasteiger partial charge in [-0.05, 0) is 27.3 Å². The van der Waals surface area contributed by atoms with Gasteiger partial charge in [0.1, 0.15) is 6.04 Å². The number of nitrogens with one attached hydrogen (secondary N) is 1. The van der Waals surface area contributed by atoms with Crippen molar-refractivity contribution in [3.8, 4) is 0 Å². The zero-order valence-corrected chi connectivity index (χ0v) is 11.7. The van der Waals surface area contributed by atoms with Gasteiger partial charge in [-0.15, -0.1) is 0 Å². The van der Waals surface area contributed by atoms with Crippen LogP contribution in [0.25, 0.3) is 0 Å². The van der Waals surface area contributed by atoms with Crippen molar-refractivity contribution >= 4 is 5.97 Å². The molecule has 0 amide bonds. The maximum absolute atomic E-state index is 12.0. The van der Waals surface area contributed by atoms with E-state index in [2.05, 4.69) is 29.1 Å². The van der Waals surface area contributed by atoms with E-state index in [1.807, 2.05) is 6.92 Å². The molecule has 0 bridgehead atoms. The molecular weight excluding hydrogens is 230 g/mol. The summed E-state index contributed by atoms with van der Waals surface area (Å²) in [4.78, 5) is 16.7. The number of rotatable bonds is 3. The number of esters is 1. The maximum atomic E-state index is 12.0. The Hall–Kier alpha value is -0.650. The first-order chi connectivity index (χ1) is 8.63. The van der Waals surface area contributed by atoms with E-state index in [9.17, 15) is 4.79 Å². The van der Waals surface area contributed by atoms with Crippen molar-refractivity contribution in [3.05, 3.63) is 0 Å². The molecule has 0 aliphatic carbocycles. The van der Waals surface area contributed by atoms with E-state index in [1.165, 1.54) is 0 Å². The van der Waals surface area contributed by atoms with Crippen LogP contribution < -0.4 is 5.32 Å². The summed E-state index contributed by atoms with van der Waals surface area (Å²) in [6.07, 6.45) is 1.15. The van der Waals surface area contributed by atoms with E-state index in [4.69, 9.17) is 4.74 Å². The van der Waals surface area contributed by atoms with Crippen molar-refractivity contribution in [2.75, 3.05) is 39.8 Å². The number of carbonyl (C=O) groups excluding carboxylic acids is 1. The standard InChI is InChI=1S/C13H25N3O2/c1-4-18-13(17)12-8-14-5-6-16(12)11-7-10(2)15(3)9-11/h10-12,14H,4-9H2,1-3H3. The van der Waals surface area contributed by atoms with Gasteiger partial charge in [0.2, 0.25) is 0 Å². The van der Waals surface area contributed by atoms with Crippen molar-refractivity contribution in [1.82, 2.24) is 15.1 Å². The molecule has 0 radical (unpaired) electrons. The van der Waals surface area contributed by atoms with E-state index >= 15 is 0 Å². The Morgan fingerprint density at radius 1 is 1.50 bits per heavy atom. The third kappa shape index (κ3) is 2.84. The molecule has 5 heteroatoms. The predicted molar refractivity (Wildman–Crippen MR) is 70.5 cm³/mol. The van der Waals surface area contributed by atoms with Crippen LogP contribution in [-0.4, -0.2) is 73.7 Å². The summed E-state index contributed by atoms with van der Waals surface area (Å²) in [5.74, 6) is -0.0769. The lowest BCUT2D eigenvalue weighted by Crippen LogP contribution is -2.59. The fraction of sp³-hybridized carbons (Fsp3) is 0.923. The molecule has 0 aromatic carbocycles. The fourth-order valence-corrected chi connectivity index (χ4v) is 3.02. The summed E-state index contributed by atoms with van der Waals surface area (Å²) in [5.41, 5.74) is 0. The summed E-state index contributed by atoms with van der Waals surface area (Å²) in [7, 11) is 2.16. The Kier molecular flexibility index (Phi) is 4.59. The fourth-order valence-electron chi connectivity index (χ4n) is 3.02. The SMILES string of the molecule is CCOC(=O)C1CNCCN1C1CC(C)N(C)C1. The highest BCUT2D eigenvalue weighted by Gasteiger charge is 2.38. The van der Waals surface area contributed by atoms with Crippen LogP contribution in [0.4, 0.5) is 0 Å². The van der Waals surface area contributed by atoms with E-state index in [1.54, 1.807) is 0 Å². The van der Waals surface area contributed by atoms with Gasteiger partial charge in [-0.3, -0.25) is 9.69 Å². The van der Waals surface area contributed by atoms with E-state index in [-0.39, 0.29) is 12.0 Å². The normalized spacial score (nSPS) is 34.7. The molecule has 3 unspecified atom stereocenters. The second-order valence-corrected chi connectivity index (χ2v) is 5.39. The highest BCUT2D eigenvalue weighted by molar-refractivity contribution is 5.76. The molecule has 104 valence electrons. The third-order valence-electron chi connectivity index (χ3n) is 4.18. The summed E-state index contributed by atoms with van der Waals surface area (Å²) < 4.78 is 5.19. The van der Waals surface area contributed by atoms with Gasteiger partial charge in [-0.2, -0.15) is 0 Å². The quantitative estimate of drug-likeness (QED) is 0.715. The monoisotopic (exact) mass is 255 g/mol. The number of likely N-dealkylation sites (tertiary alicyclic amines) is 1. The van der Waals surface area contributed by atoms with Gasteiger partial charge >= 0.3 is 5.97 Å². The number of hydrogen-bond donors (Lipinski definition) is 1. The molecule has 2 rings (SSSR count). The zero-order valence-electron chi connectivity index (χ0n) is 11.7. The molecule has 2 aliphatic rings. The van der Waals surface area contributed by atoms with Gasteiger partial charge in [-0.25, -0.2) is 0 Å². The molecule has 5 nitrogen and oxygen atoms in total.